The van der Waals surface area contributed by atoms with Crippen LogP contribution in [0, 0.1) is 11.8 Å². The van der Waals surface area contributed by atoms with Crippen LogP contribution in [0.25, 0.3) is 0 Å². The van der Waals surface area contributed by atoms with Gasteiger partial charge in [0.15, 0.2) is 0 Å². The monoisotopic (exact) mass is 589 g/mol. The normalized spacial score (nSPS) is 14.7. The van der Waals surface area contributed by atoms with Crippen molar-refractivity contribution in [3.63, 3.8) is 0 Å². The predicted octanol–water partition coefficient (Wildman–Crippen LogP) is 1.27. The van der Waals surface area contributed by atoms with E-state index in [1.807, 2.05) is 41.5 Å². The quantitative estimate of drug-likeness (QED) is 0.150. The van der Waals surface area contributed by atoms with E-state index in [1.54, 1.807) is 26.0 Å². The van der Waals surface area contributed by atoms with Gasteiger partial charge in [0.05, 0.1) is 6.04 Å². The molecule has 1 heterocycles. The van der Waals surface area contributed by atoms with Crippen LogP contribution in [0.2, 0.25) is 0 Å². The Labute approximate surface area is 250 Å². The third kappa shape index (κ3) is 13.0. The number of amides is 5. The summed E-state index contributed by atoms with van der Waals surface area (Å²) in [5.74, 6) is -1.59. The molecule has 0 bridgehead atoms. The second-order valence-corrected chi connectivity index (χ2v) is 11.4. The molecule has 0 saturated carbocycles. The number of hydrogen-bond acceptors (Lipinski definition) is 7. The number of aromatic nitrogens is 1. The van der Waals surface area contributed by atoms with E-state index in [9.17, 15) is 24.0 Å². The number of carbonyl (C=O) groups excluding carboxylic acids is 5. The highest BCUT2D eigenvalue weighted by atomic mass is 16.2. The summed E-state index contributed by atoms with van der Waals surface area (Å²) in [6.45, 7) is 15.6. The molecule has 0 fully saturated rings. The lowest BCUT2D eigenvalue weighted by Gasteiger charge is -2.27. The van der Waals surface area contributed by atoms with Crippen LogP contribution in [-0.4, -0.2) is 77.8 Å². The van der Waals surface area contributed by atoms with Gasteiger partial charge in [-0.15, -0.1) is 0 Å². The first-order valence-corrected chi connectivity index (χ1v) is 14.9. The first-order chi connectivity index (χ1) is 19.8. The van der Waals surface area contributed by atoms with Gasteiger partial charge in [0.1, 0.15) is 18.1 Å². The molecule has 0 saturated heterocycles. The van der Waals surface area contributed by atoms with Crippen LogP contribution in [0.15, 0.2) is 24.5 Å². The third-order valence-electron chi connectivity index (χ3n) is 6.66. The van der Waals surface area contributed by atoms with Crippen molar-refractivity contribution in [2.75, 3.05) is 13.1 Å². The maximum absolute atomic E-state index is 13.3. The standard InChI is InChI=1S/C30H51N7O5/c1-9-11-24(36-27(39)21(8)34-28(40)22-12-14-31-15-13-22)29(41)35-23(16-18(3)4)17-33-20(7)26(38)37-25(19(5)6)30(42)32-10-2/h12-15,18-21,23-25,33H,9-11,16-17H2,1-8H3,(H,32,42)(H,34,40)(H,35,41)(H,36,39)(H,37,38)/t20-,21-,23?,24-,25?/m0/s1. The average molecular weight is 590 g/mol. The molecule has 1 aromatic rings. The highest BCUT2D eigenvalue weighted by Crippen LogP contribution is 2.08. The van der Waals surface area contributed by atoms with Gasteiger partial charge in [0, 0.05) is 37.1 Å². The van der Waals surface area contributed by atoms with Crippen molar-refractivity contribution in [2.24, 2.45) is 11.8 Å². The van der Waals surface area contributed by atoms with E-state index >= 15 is 0 Å². The number of nitrogens with zero attached hydrogens (tertiary/aromatic N) is 1. The Morgan fingerprint density at radius 3 is 1.93 bits per heavy atom. The van der Waals surface area contributed by atoms with Crippen LogP contribution in [0.1, 0.15) is 85.0 Å². The maximum atomic E-state index is 13.3. The zero-order chi connectivity index (χ0) is 31.8. The van der Waals surface area contributed by atoms with Crippen molar-refractivity contribution in [2.45, 2.75) is 105 Å². The molecule has 0 aromatic carbocycles. The average Bonchev–Trinajstić information content (AvgIpc) is 2.93. The Balaban J connectivity index is 2.80. The third-order valence-corrected chi connectivity index (χ3v) is 6.66. The van der Waals surface area contributed by atoms with Crippen LogP contribution in [-0.2, 0) is 19.2 Å². The van der Waals surface area contributed by atoms with Crippen molar-refractivity contribution >= 4 is 29.5 Å². The molecule has 6 N–H and O–H groups in total. The number of pyridine rings is 1. The summed E-state index contributed by atoms with van der Waals surface area (Å²) in [5, 5.41) is 17.2. The Morgan fingerprint density at radius 1 is 0.762 bits per heavy atom. The van der Waals surface area contributed by atoms with E-state index in [1.165, 1.54) is 12.4 Å². The second-order valence-electron chi connectivity index (χ2n) is 11.4. The van der Waals surface area contributed by atoms with Crippen LogP contribution < -0.4 is 31.9 Å². The van der Waals surface area contributed by atoms with E-state index in [2.05, 4.69) is 36.9 Å². The van der Waals surface area contributed by atoms with Crippen molar-refractivity contribution in [3.05, 3.63) is 30.1 Å². The van der Waals surface area contributed by atoms with Gasteiger partial charge in [-0.1, -0.05) is 41.0 Å². The summed E-state index contributed by atoms with van der Waals surface area (Å²) >= 11 is 0. The summed E-state index contributed by atoms with van der Waals surface area (Å²) in [6, 6.07) is -0.121. The zero-order valence-corrected chi connectivity index (χ0v) is 26.4. The Hall–Kier alpha value is -3.54. The van der Waals surface area contributed by atoms with E-state index in [-0.39, 0.29) is 35.6 Å². The fourth-order valence-corrected chi connectivity index (χ4v) is 4.28. The molecule has 1 rings (SSSR count). The SMILES string of the molecule is CCC[C@H](NC(=O)[C@H](C)NC(=O)c1ccncc1)C(=O)NC(CN[C@@H](C)C(=O)NC(C(=O)NCC)C(C)C)CC(C)C. The molecule has 5 amide bonds. The topological polar surface area (TPSA) is 170 Å². The number of likely N-dealkylation sites (N-methyl/N-ethyl adjacent to an activating group) is 1. The summed E-state index contributed by atoms with van der Waals surface area (Å²) < 4.78 is 0. The van der Waals surface area contributed by atoms with Gasteiger partial charge < -0.3 is 31.9 Å². The van der Waals surface area contributed by atoms with E-state index in [4.69, 9.17) is 0 Å². The molecule has 0 aliphatic rings. The van der Waals surface area contributed by atoms with Crippen molar-refractivity contribution < 1.29 is 24.0 Å². The lowest BCUT2D eigenvalue weighted by Crippen LogP contribution is -2.57. The van der Waals surface area contributed by atoms with Crippen molar-refractivity contribution in [1.82, 2.24) is 36.9 Å². The molecule has 1 aromatic heterocycles. The van der Waals surface area contributed by atoms with Gasteiger partial charge in [-0.2, -0.15) is 0 Å². The smallest absolute Gasteiger partial charge is 0.252 e. The highest BCUT2D eigenvalue weighted by Gasteiger charge is 2.28. The van der Waals surface area contributed by atoms with Crippen LogP contribution in [0.4, 0.5) is 0 Å². The summed E-state index contributed by atoms with van der Waals surface area (Å²) in [7, 11) is 0. The molecule has 0 aliphatic heterocycles. The minimum absolute atomic E-state index is 0.0851. The molecule has 0 aliphatic carbocycles. The Bertz CT molecular complexity index is 1020. The number of hydrogen-bond donors (Lipinski definition) is 6. The van der Waals surface area contributed by atoms with E-state index in [0.717, 1.165) is 0 Å². The molecule has 12 nitrogen and oxygen atoms in total. The lowest BCUT2D eigenvalue weighted by atomic mass is 10.0. The Kier molecular flexibility index (Phi) is 16.3. The lowest BCUT2D eigenvalue weighted by molar-refractivity contribution is -0.131. The highest BCUT2D eigenvalue weighted by molar-refractivity contribution is 5.98. The molecule has 0 radical (unpaired) electrons. The van der Waals surface area contributed by atoms with Gasteiger partial charge in [0.25, 0.3) is 5.91 Å². The van der Waals surface area contributed by atoms with Gasteiger partial charge in [-0.25, -0.2) is 0 Å². The largest absolute Gasteiger partial charge is 0.355 e. The molecular formula is C30H51N7O5. The fourth-order valence-electron chi connectivity index (χ4n) is 4.28. The number of nitrogens with one attached hydrogen (secondary N) is 6. The minimum atomic E-state index is -0.862. The van der Waals surface area contributed by atoms with Crippen LogP contribution >= 0.6 is 0 Å². The Morgan fingerprint density at radius 2 is 1.38 bits per heavy atom. The van der Waals surface area contributed by atoms with Crippen molar-refractivity contribution in [3.8, 4) is 0 Å². The van der Waals surface area contributed by atoms with Crippen LogP contribution in [0.5, 0.6) is 0 Å². The summed E-state index contributed by atoms with van der Waals surface area (Å²) in [6.07, 6.45) is 4.70. The second kappa shape index (κ2) is 18.8. The van der Waals surface area contributed by atoms with Gasteiger partial charge >= 0.3 is 0 Å². The maximum Gasteiger partial charge on any atom is 0.252 e. The zero-order valence-electron chi connectivity index (χ0n) is 26.4. The summed E-state index contributed by atoms with van der Waals surface area (Å²) in [4.78, 5) is 67.7. The first-order valence-electron chi connectivity index (χ1n) is 14.9. The molecular weight excluding hydrogens is 538 g/mol. The van der Waals surface area contributed by atoms with Crippen LogP contribution in [0.3, 0.4) is 0 Å². The summed E-state index contributed by atoms with van der Waals surface area (Å²) in [5.41, 5.74) is 0.378. The number of rotatable bonds is 18. The molecule has 0 spiro atoms. The number of carbonyl (C=O) groups is 5. The molecule has 2 unspecified atom stereocenters. The molecule has 5 atom stereocenters. The minimum Gasteiger partial charge on any atom is -0.355 e. The van der Waals surface area contributed by atoms with Gasteiger partial charge in [-0.05, 0) is 57.6 Å². The van der Waals surface area contributed by atoms with Crippen molar-refractivity contribution in [1.29, 1.82) is 0 Å². The van der Waals surface area contributed by atoms with Gasteiger partial charge in [-0.3, -0.25) is 29.0 Å². The fraction of sp³-hybridized carbons (Fsp3) is 0.667. The van der Waals surface area contributed by atoms with E-state index in [0.29, 0.717) is 37.9 Å². The predicted molar refractivity (Wildman–Crippen MR) is 162 cm³/mol. The molecule has 42 heavy (non-hydrogen) atoms. The molecule has 12 heteroatoms. The van der Waals surface area contributed by atoms with Gasteiger partial charge in [0.2, 0.25) is 23.6 Å². The first kappa shape index (κ1) is 36.5. The van der Waals surface area contributed by atoms with E-state index < -0.39 is 36.0 Å². The molecule has 236 valence electrons.